The summed E-state index contributed by atoms with van der Waals surface area (Å²) >= 11 is 0. The molecule has 0 atom stereocenters. The van der Waals surface area contributed by atoms with E-state index in [9.17, 15) is 14.7 Å². The molecule has 0 aliphatic carbocycles. The van der Waals surface area contributed by atoms with E-state index in [1.165, 1.54) is 37.0 Å². The van der Waals surface area contributed by atoms with E-state index >= 15 is 0 Å². The molecule has 2 amide bonds. The summed E-state index contributed by atoms with van der Waals surface area (Å²) < 4.78 is 5.20. The second-order valence-corrected chi connectivity index (χ2v) is 7.83. The highest BCUT2D eigenvalue weighted by molar-refractivity contribution is 6.35. The standard InChI is InChI=1S/C24H36N2O4/c1-4-5-6-7-8-9-10-11-16-26-23(28)21(19-12-14-20(30-3)15-13-19)22(24(26)29)25(2)17-18-27/h12-15,27H,4-11,16-18H2,1-3H3. The number of benzene rings is 1. The number of unbranched alkanes of at least 4 members (excludes halogenated alkanes) is 7. The van der Waals surface area contributed by atoms with Crippen molar-refractivity contribution in [2.75, 3.05) is 33.9 Å². The maximum Gasteiger partial charge on any atom is 0.277 e. The summed E-state index contributed by atoms with van der Waals surface area (Å²) in [7, 11) is 3.32. The number of rotatable bonds is 14. The number of aliphatic hydroxyl groups excluding tert-OH is 1. The van der Waals surface area contributed by atoms with Gasteiger partial charge in [0.15, 0.2) is 0 Å². The van der Waals surface area contributed by atoms with E-state index in [0.717, 1.165) is 19.3 Å². The van der Waals surface area contributed by atoms with Crippen LogP contribution in [0.15, 0.2) is 30.0 Å². The number of methoxy groups -OCH3 is 1. The summed E-state index contributed by atoms with van der Waals surface area (Å²) in [6.45, 7) is 2.85. The van der Waals surface area contributed by atoms with Gasteiger partial charge in [0, 0.05) is 20.1 Å². The fourth-order valence-corrected chi connectivity index (χ4v) is 3.80. The number of likely N-dealkylation sites (N-methyl/N-ethyl adjacent to an activating group) is 1. The maximum absolute atomic E-state index is 13.2. The molecule has 1 aliphatic rings. The molecular formula is C24H36N2O4. The Labute approximate surface area is 180 Å². The number of aliphatic hydroxyl groups is 1. The molecule has 0 spiro atoms. The van der Waals surface area contributed by atoms with E-state index in [1.54, 1.807) is 43.3 Å². The highest BCUT2D eigenvalue weighted by Gasteiger charge is 2.40. The maximum atomic E-state index is 13.2. The number of carbonyl (C=O) groups is 2. The highest BCUT2D eigenvalue weighted by atomic mass is 16.5. The van der Waals surface area contributed by atoms with Crippen molar-refractivity contribution in [1.82, 2.24) is 9.80 Å². The van der Waals surface area contributed by atoms with Crippen molar-refractivity contribution in [3.8, 4) is 5.75 Å². The van der Waals surface area contributed by atoms with Crippen LogP contribution in [0.2, 0.25) is 0 Å². The van der Waals surface area contributed by atoms with E-state index < -0.39 is 0 Å². The van der Waals surface area contributed by atoms with Crippen LogP contribution in [0.5, 0.6) is 5.75 Å². The molecular weight excluding hydrogens is 380 g/mol. The van der Waals surface area contributed by atoms with Crippen LogP contribution in [-0.2, 0) is 9.59 Å². The molecule has 0 unspecified atom stereocenters. The van der Waals surface area contributed by atoms with Crippen molar-refractivity contribution in [2.24, 2.45) is 0 Å². The molecule has 0 aromatic heterocycles. The van der Waals surface area contributed by atoms with Crippen molar-refractivity contribution >= 4 is 17.4 Å². The first kappa shape index (κ1) is 23.9. The SMILES string of the molecule is CCCCCCCCCCN1C(=O)C(c2ccc(OC)cc2)=C(N(C)CCO)C1=O. The van der Waals surface area contributed by atoms with E-state index in [0.29, 0.717) is 35.7 Å². The van der Waals surface area contributed by atoms with Crippen molar-refractivity contribution in [3.63, 3.8) is 0 Å². The summed E-state index contributed by atoms with van der Waals surface area (Å²) in [6, 6.07) is 7.16. The third-order valence-electron chi connectivity index (χ3n) is 5.57. The van der Waals surface area contributed by atoms with Gasteiger partial charge >= 0.3 is 0 Å². The fraction of sp³-hybridized carbons (Fsp3) is 0.583. The molecule has 0 fully saturated rings. The molecule has 6 heteroatoms. The lowest BCUT2D eigenvalue weighted by Gasteiger charge is -2.20. The van der Waals surface area contributed by atoms with E-state index in [-0.39, 0.29) is 18.4 Å². The molecule has 1 aliphatic heterocycles. The van der Waals surface area contributed by atoms with Gasteiger partial charge < -0.3 is 14.7 Å². The zero-order chi connectivity index (χ0) is 21.9. The largest absolute Gasteiger partial charge is 0.497 e. The summed E-state index contributed by atoms with van der Waals surface area (Å²) in [5, 5.41) is 9.33. The Morgan fingerprint density at radius 3 is 2.10 bits per heavy atom. The van der Waals surface area contributed by atoms with Crippen LogP contribution in [0.4, 0.5) is 0 Å². The Morgan fingerprint density at radius 1 is 0.933 bits per heavy atom. The van der Waals surface area contributed by atoms with Gasteiger partial charge in [0.1, 0.15) is 11.4 Å². The van der Waals surface area contributed by atoms with Crippen LogP contribution in [0.25, 0.3) is 5.57 Å². The Bertz CT molecular complexity index is 727. The van der Waals surface area contributed by atoms with Crippen LogP contribution in [0.3, 0.4) is 0 Å². The predicted molar refractivity (Wildman–Crippen MR) is 119 cm³/mol. The first-order valence-electron chi connectivity index (χ1n) is 11.1. The number of imide groups is 1. The van der Waals surface area contributed by atoms with Crippen molar-refractivity contribution in [1.29, 1.82) is 0 Å². The van der Waals surface area contributed by atoms with Crippen LogP contribution < -0.4 is 4.74 Å². The molecule has 1 aromatic carbocycles. The molecule has 1 N–H and O–H groups in total. The van der Waals surface area contributed by atoms with Gasteiger partial charge in [-0.05, 0) is 24.1 Å². The molecule has 0 radical (unpaired) electrons. The number of ether oxygens (including phenoxy) is 1. The second kappa shape index (κ2) is 12.4. The third-order valence-corrected chi connectivity index (χ3v) is 5.57. The van der Waals surface area contributed by atoms with E-state index in [4.69, 9.17) is 4.74 Å². The first-order chi connectivity index (χ1) is 14.5. The van der Waals surface area contributed by atoms with Gasteiger partial charge in [-0.25, -0.2) is 0 Å². The van der Waals surface area contributed by atoms with Crippen molar-refractivity contribution in [2.45, 2.75) is 58.3 Å². The van der Waals surface area contributed by atoms with Gasteiger partial charge in [0.2, 0.25) is 0 Å². The fourth-order valence-electron chi connectivity index (χ4n) is 3.80. The normalized spacial score (nSPS) is 14.1. The lowest BCUT2D eigenvalue weighted by molar-refractivity contribution is -0.137. The molecule has 0 bridgehead atoms. The van der Waals surface area contributed by atoms with E-state index in [2.05, 4.69) is 6.92 Å². The predicted octanol–water partition coefficient (Wildman–Crippen LogP) is 3.84. The Hall–Kier alpha value is -2.34. The van der Waals surface area contributed by atoms with Crippen LogP contribution in [0.1, 0.15) is 63.9 Å². The molecule has 30 heavy (non-hydrogen) atoms. The van der Waals surface area contributed by atoms with Crippen LogP contribution >= 0.6 is 0 Å². The molecule has 1 heterocycles. The average molecular weight is 417 g/mol. The smallest absolute Gasteiger partial charge is 0.277 e. The number of hydrogen-bond donors (Lipinski definition) is 1. The minimum absolute atomic E-state index is 0.0879. The van der Waals surface area contributed by atoms with Crippen molar-refractivity contribution < 1.29 is 19.4 Å². The average Bonchev–Trinajstić information content (AvgIpc) is 3.00. The van der Waals surface area contributed by atoms with Crippen LogP contribution in [-0.4, -0.2) is 60.6 Å². The third kappa shape index (κ3) is 6.08. The van der Waals surface area contributed by atoms with Crippen molar-refractivity contribution in [3.05, 3.63) is 35.5 Å². The number of carbonyl (C=O) groups excluding carboxylic acids is 2. The van der Waals surface area contributed by atoms with Gasteiger partial charge in [-0.3, -0.25) is 14.5 Å². The van der Waals surface area contributed by atoms with E-state index in [1.807, 2.05) is 0 Å². The number of nitrogens with zero attached hydrogens (tertiary/aromatic N) is 2. The lowest BCUT2D eigenvalue weighted by Crippen LogP contribution is -2.35. The van der Waals surface area contributed by atoms with Gasteiger partial charge in [0.05, 0.1) is 19.3 Å². The number of hydrogen-bond acceptors (Lipinski definition) is 5. The monoisotopic (exact) mass is 416 g/mol. The number of amides is 2. The Balaban J connectivity index is 2.06. The summed E-state index contributed by atoms with van der Waals surface area (Å²) in [5.41, 5.74) is 1.45. The highest BCUT2D eigenvalue weighted by Crippen LogP contribution is 2.32. The Morgan fingerprint density at radius 2 is 1.53 bits per heavy atom. The first-order valence-corrected chi connectivity index (χ1v) is 11.1. The zero-order valence-electron chi connectivity index (χ0n) is 18.7. The topological polar surface area (TPSA) is 70.1 Å². The minimum atomic E-state index is -0.273. The zero-order valence-corrected chi connectivity index (χ0v) is 18.7. The quantitative estimate of drug-likeness (QED) is 0.369. The summed E-state index contributed by atoms with van der Waals surface area (Å²) in [6.07, 6.45) is 9.26. The van der Waals surface area contributed by atoms with Gasteiger partial charge in [0.25, 0.3) is 11.8 Å². The lowest BCUT2D eigenvalue weighted by atomic mass is 10.0. The summed E-state index contributed by atoms with van der Waals surface area (Å²) in [4.78, 5) is 29.3. The van der Waals surface area contributed by atoms with Gasteiger partial charge in [-0.2, -0.15) is 0 Å². The molecule has 1 aromatic rings. The molecule has 166 valence electrons. The van der Waals surface area contributed by atoms with Crippen LogP contribution in [0, 0.1) is 0 Å². The van der Waals surface area contributed by atoms with Gasteiger partial charge in [-0.15, -0.1) is 0 Å². The Kier molecular flexibility index (Phi) is 9.87. The van der Waals surface area contributed by atoms with Gasteiger partial charge in [-0.1, -0.05) is 64.0 Å². The molecule has 0 saturated heterocycles. The second-order valence-electron chi connectivity index (χ2n) is 7.83. The summed E-state index contributed by atoms with van der Waals surface area (Å²) in [5.74, 6) is 0.162. The molecule has 0 saturated carbocycles. The molecule has 2 rings (SSSR count). The molecule has 6 nitrogen and oxygen atoms in total. The minimum Gasteiger partial charge on any atom is -0.497 e.